The Morgan fingerprint density at radius 1 is 1.18 bits per heavy atom. The number of hydrogen-bond acceptors (Lipinski definition) is 5. The molecule has 2 rings (SSSR count). The molecule has 28 heavy (non-hydrogen) atoms. The Labute approximate surface area is 164 Å². The topological polar surface area (TPSA) is 88.4 Å². The van der Waals surface area contributed by atoms with Crippen LogP contribution in [0.1, 0.15) is 35.7 Å². The normalized spacial score (nSPS) is 10.7. The van der Waals surface area contributed by atoms with E-state index in [1.54, 1.807) is 49.6 Å². The van der Waals surface area contributed by atoms with Crippen LogP contribution in [-0.4, -0.2) is 25.6 Å². The summed E-state index contributed by atoms with van der Waals surface area (Å²) in [7, 11) is 1.56. The van der Waals surface area contributed by atoms with Crippen LogP contribution in [0.4, 0.5) is 5.69 Å². The van der Waals surface area contributed by atoms with Gasteiger partial charge in [0.05, 0.1) is 19.3 Å². The Balaban J connectivity index is 2.09. The van der Waals surface area contributed by atoms with Gasteiger partial charge in [-0.1, -0.05) is 31.5 Å². The Bertz CT molecular complexity index is 895. The molecule has 0 atom stereocenters. The van der Waals surface area contributed by atoms with E-state index in [1.807, 2.05) is 13.0 Å². The van der Waals surface area contributed by atoms with Crippen LogP contribution >= 0.6 is 0 Å². The van der Waals surface area contributed by atoms with Crippen molar-refractivity contribution in [3.8, 4) is 11.8 Å². The number of methoxy groups -OCH3 is 1. The molecule has 2 aromatic rings. The fourth-order valence-corrected chi connectivity index (χ4v) is 2.33. The standard InChI is InChI=1S/C22H22N2O4/c1-3-4-12-28-22(26)17-6-5-7-19(14-17)24-21(25)18(15-23)13-16-8-10-20(27-2)11-9-16/h5-11,13-14H,3-4,12H2,1-2H3,(H,24,25). The van der Waals surface area contributed by atoms with Crippen LogP contribution in [0, 0.1) is 11.3 Å². The van der Waals surface area contributed by atoms with Gasteiger partial charge >= 0.3 is 5.97 Å². The second-order valence-corrected chi connectivity index (χ2v) is 5.97. The van der Waals surface area contributed by atoms with Gasteiger partial charge in [-0.2, -0.15) is 5.26 Å². The molecule has 6 nitrogen and oxygen atoms in total. The third-order valence-electron chi connectivity index (χ3n) is 3.88. The van der Waals surface area contributed by atoms with Crippen molar-refractivity contribution in [2.75, 3.05) is 19.0 Å². The molecule has 2 aromatic carbocycles. The quantitative estimate of drug-likeness (QED) is 0.322. The van der Waals surface area contributed by atoms with Gasteiger partial charge in [0.25, 0.3) is 5.91 Å². The minimum atomic E-state index is -0.560. The van der Waals surface area contributed by atoms with Crippen LogP contribution in [0.2, 0.25) is 0 Å². The molecule has 0 heterocycles. The third kappa shape index (κ3) is 5.99. The predicted octanol–water partition coefficient (Wildman–Crippen LogP) is 4.20. The lowest BCUT2D eigenvalue weighted by molar-refractivity contribution is -0.112. The van der Waals surface area contributed by atoms with E-state index in [1.165, 1.54) is 12.1 Å². The van der Waals surface area contributed by atoms with Crippen molar-refractivity contribution in [3.63, 3.8) is 0 Å². The zero-order valence-corrected chi connectivity index (χ0v) is 15.9. The molecular formula is C22H22N2O4. The summed E-state index contributed by atoms with van der Waals surface area (Å²) in [6.07, 6.45) is 3.21. The maximum Gasteiger partial charge on any atom is 0.338 e. The van der Waals surface area contributed by atoms with E-state index in [0.29, 0.717) is 29.2 Å². The van der Waals surface area contributed by atoms with Crippen molar-refractivity contribution >= 4 is 23.6 Å². The molecule has 0 saturated carbocycles. The molecule has 0 aromatic heterocycles. The molecule has 144 valence electrons. The molecule has 0 bridgehead atoms. The molecule has 0 unspecified atom stereocenters. The van der Waals surface area contributed by atoms with Gasteiger partial charge in [0.1, 0.15) is 17.4 Å². The molecule has 1 amide bonds. The molecule has 0 saturated heterocycles. The summed E-state index contributed by atoms with van der Waals surface area (Å²) in [5.74, 6) is -0.323. The molecule has 0 spiro atoms. The minimum absolute atomic E-state index is 0.0545. The first-order chi connectivity index (χ1) is 13.6. The summed E-state index contributed by atoms with van der Waals surface area (Å²) in [5, 5.41) is 12.0. The van der Waals surface area contributed by atoms with Crippen LogP contribution in [-0.2, 0) is 9.53 Å². The number of nitrogens with one attached hydrogen (secondary N) is 1. The van der Waals surface area contributed by atoms with Crippen molar-refractivity contribution in [1.82, 2.24) is 0 Å². The Hall–Kier alpha value is -3.59. The van der Waals surface area contributed by atoms with Gasteiger partial charge in [0, 0.05) is 5.69 Å². The maximum absolute atomic E-state index is 12.4. The van der Waals surface area contributed by atoms with E-state index in [4.69, 9.17) is 9.47 Å². The Morgan fingerprint density at radius 2 is 1.93 bits per heavy atom. The third-order valence-corrected chi connectivity index (χ3v) is 3.88. The zero-order chi connectivity index (χ0) is 20.4. The molecule has 0 aliphatic heterocycles. The summed E-state index contributed by atoms with van der Waals surface area (Å²) >= 11 is 0. The first-order valence-corrected chi connectivity index (χ1v) is 8.91. The highest BCUT2D eigenvalue weighted by Gasteiger charge is 2.12. The van der Waals surface area contributed by atoms with E-state index in [-0.39, 0.29) is 5.57 Å². The number of benzene rings is 2. The van der Waals surface area contributed by atoms with Gasteiger partial charge in [0.2, 0.25) is 0 Å². The van der Waals surface area contributed by atoms with E-state index in [9.17, 15) is 14.9 Å². The lowest BCUT2D eigenvalue weighted by Crippen LogP contribution is -2.14. The number of amides is 1. The van der Waals surface area contributed by atoms with E-state index >= 15 is 0 Å². The number of carbonyl (C=O) groups is 2. The van der Waals surface area contributed by atoms with Gasteiger partial charge in [-0.3, -0.25) is 4.79 Å². The fourth-order valence-electron chi connectivity index (χ4n) is 2.33. The number of nitrogens with zero attached hydrogens (tertiary/aromatic N) is 1. The van der Waals surface area contributed by atoms with Gasteiger partial charge in [-0.05, 0) is 48.4 Å². The van der Waals surface area contributed by atoms with Crippen LogP contribution in [0.15, 0.2) is 54.1 Å². The smallest absolute Gasteiger partial charge is 0.338 e. The summed E-state index contributed by atoms with van der Waals surface area (Å²) in [6, 6.07) is 15.3. The number of hydrogen-bond donors (Lipinski definition) is 1. The molecular weight excluding hydrogens is 356 g/mol. The lowest BCUT2D eigenvalue weighted by Gasteiger charge is -2.08. The summed E-state index contributed by atoms with van der Waals surface area (Å²) in [6.45, 7) is 2.37. The SMILES string of the molecule is CCCCOC(=O)c1cccc(NC(=O)C(C#N)=Cc2ccc(OC)cc2)c1. The summed E-state index contributed by atoms with van der Waals surface area (Å²) < 4.78 is 10.3. The first-order valence-electron chi connectivity index (χ1n) is 8.91. The number of esters is 1. The van der Waals surface area contributed by atoms with E-state index < -0.39 is 11.9 Å². The summed E-state index contributed by atoms with van der Waals surface area (Å²) in [4.78, 5) is 24.5. The lowest BCUT2D eigenvalue weighted by atomic mass is 10.1. The Morgan fingerprint density at radius 3 is 2.57 bits per heavy atom. The van der Waals surface area contributed by atoms with Crippen LogP contribution in [0.5, 0.6) is 5.75 Å². The van der Waals surface area contributed by atoms with Crippen molar-refractivity contribution in [3.05, 3.63) is 65.2 Å². The average molecular weight is 378 g/mol. The van der Waals surface area contributed by atoms with E-state index in [0.717, 1.165) is 12.8 Å². The van der Waals surface area contributed by atoms with Gasteiger partial charge in [-0.25, -0.2) is 4.79 Å². The van der Waals surface area contributed by atoms with Crippen molar-refractivity contribution in [1.29, 1.82) is 5.26 Å². The fraction of sp³-hybridized carbons (Fsp3) is 0.227. The molecule has 6 heteroatoms. The van der Waals surface area contributed by atoms with Crippen molar-refractivity contribution in [2.24, 2.45) is 0 Å². The van der Waals surface area contributed by atoms with Crippen molar-refractivity contribution < 1.29 is 19.1 Å². The minimum Gasteiger partial charge on any atom is -0.497 e. The van der Waals surface area contributed by atoms with E-state index in [2.05, 4.69) is 5.32 Å². The highest BCUT2D eigenvalue weighted by atomic mass is 16.5. The average Bonchev–Trinajstić information content (AvgIpc) is 2.72. The second-order valence-electron chi connectivity index (χ2n) is 5.97. The zero-order valence-electron chi connectivity index (χ0n) is 15.9. The van der Waals surface area contributed by atoms with Crippen LogP contribution < -0.4 is 10.1 Å². The molecule has 0 fully saturated rings. The largest absolute Gasteiger partial charge is 0.497 e. The van der Waals surface area contributed by atoms with Crippen molar-refractivity contribution in [2.45, 2.75) is 19.8 Å². The first kappa shape index (κ1) is 20.7. The molecule has 0 aliphatic rings. The number of anilines is 1. The molecule has 1 N–H and O–H groups in total. The number of unbranched alkanes of at least 4 members (excludes halogenated alkanes) is 1. The highest BCUT2D eigenvalue weighted by Crippen LogP contribution is 2.16. The molecule has 0 aliphatic carbocycles. The number of carbonyl (C=O) groups excluding carboxylic acids is 2. The van der Waals surface area contributed by atoms with Gasteiger partial charge in [-0.15, -0.1) is 0 Å². The van der Waals surface area contributed by atoms with Crippen LogP contribution in [0.3, 0.4) is 0 Å². The highest BCUT2D eigenvalue weighted by molar-refractivity contribution is 6.10. The number of ether oxygens (including phenoxy) is 2. The summed E-state index contributed by atoms with van der Waals surface area (Å²) in [5.41, 5.74) is 1.39. The number of rotatable bonds is 8. The second kappa shape index (κ2) is 10.5. The maximum atomic E-state index is 12.4. The van der Waals surface area contributed by atoms with Gasteiger partial charge in [0.15, 0.2) is 0 Å². The molecule has 0 radical (unpaired) electrons. The van der Waals surface area contributed by atoms with Gasteiger partial charge < -0.3 is 14.8 Å². The number of nitriles is 1. The monoisotopic (exact) mass is 378 g/mol. The van der Waals surface area contributed by atoms with Crippen LogP contribution in [0.25, 0.3) is 6.08 Å². The Kier molecular flexibility index (Phi) is 7.79. The predicted molar refractivity (Wildman–Crippen MR) is 107 cm³/mol.